The van der Waals surface area contributed by atoms with Crippen molar-refractivity contribution in [3.05, 3.63) is 24.5 Å². The van der Waals surface area contributed by atoms with Crippen molar-refractivity contribution in [3.63, 3.8) is 0 Å². The average Bonchev–Trinajstić information content (AvgIpc) is 2.95. The fraction of sp³-hybridized carbons (Fsp3) is 0.615. The number of nitrogens with zero attached hydrogens (tertiary/aromatic N) is 3. The molecule has 1 aromatic heterocycles. The van der Waals surface area contributed by atoms with E-state index in [1.165, 1.54) is 18.5 Å². The van der Waals surface area contributed by atoms with Crippen molar-refractivity contribution < 1.29 is 0 Å². The maximum Gasteiger partial charge on any atom is 0.108 e. The first-order valence-electron chi connectivity index (χ1n) is 6.83. The zero-order valence-electron chi connectivity index (χ0n) is 10.7. The van der Waals surface area contributed by atoms with E-state index in [0.717, 1.165) is 32.7 Å². The van der Waals surface area contributed by atoms with E-state index < -0.39 is 0 Å². The number of pyridine rings is 1. The van der Waals surface area contributed by atoms with Gasteiger partial charge in [0.05, 0.1) is 5.69 Å². The minimum Gasteiger partial charge on any atom is -0.312 e. The van der Waals surface area contributed by atoms with Gasteiger partial charge in [0, 0.05) is 45.1 Å². The highest BCUT2D eigenvalue weighted by Gasteiger charge is 2.27. The Balaban J connectivity index is 1.82. The van der Waals surface area contributed by atoms with Crippen molar-refractivity contribution >= 4 is 5.69 Å². The molecule has 0 radical (unpaired) electrons. The molecule has 2 aliphatic rings. The van der Waals surface area contributed by atoms with E-state index in [2.05, 4.69) is 37.8 Å². The molecule has 5 heteroatoms. The zero-order chi connectivity index (χ0) is 12.2. The zero-order valence-corrected chi connectivity index (χ0v) is 10.7. The van der Waals surface area contributed by atoms with Crippen LogP contribution in [0.5, 0.6) is 0 Å². The maximum absolute atomic E-state index is 4.12. The summed E-state index contributed by atoms with van der Waals surface area (Å²) in [6.45, 7) is 5.38. The molecule has 5 nitrogen and oxygen atoms in total. The third-order valence-electron chi connectivity index (χ3n) is 3.63. The Labute approximate surface area is 108 Å². The Bertz CT molecular complexity index is 357. The fourth-order valence-corrected chi connectivity index (χ4v) is 2.76. The summed E-state index contributed by atoms with van der Waals surface area (Å²) < 4.78 is 0. The summed E-state index contributed by atoms with van der Waals surface area (Å²) in [6, 6.07) is 4.18. The monoisotopic (exact) mass is 247 g/mol. The lowest BCUT2D eigenvalue weighted by molar-refractivity contribution is 0.235. The largest absolute Gasteiger partial charge is 0.312 e. The summed E-state index contributed by atoms with van der Waals surface area (Å²) in [6.07, 6.45) is 6.67. The number of piperazine rings is 1. The molecule has 1 aromatic rings. The highest BCUT2D eigenvalue weighted by molar-refractivity contribution is 5.44. The molecule has 0 saturated carbocycles. The minimum atomic E-state index is 0.347. The molecule has 98 valence electrons. The van der Waals surface area contributed by atoms with Crippen molar-refractivity contribution in [1.82, 2.24) is 20.6 Å². The summed E-state index contributed by atoms with van der Waals surface area (Å²) in [5, 5.41) is 11.9. The van der Waals surface area contributed by atoms with Crippen LogP contribution >= 0.6 is 0 Å². The molecule has 0 spiro atoms. The quantitative estimate of drug-likeness (QED) is 0.810. The van der Waals surface area contributed by atoms with Gasteiger partial charge in [-0.05, 0) is 25.0 Å². The lowest BCUT2D eigenvalue weighted by atomic mass is 10.3. The second-order valence-electron chi connectivity index (χ2n) is 4.88. The smallest absolute Gasteiger partial charge is 0.108 e. The van der Waals surface area contributed by atoms with Gasteiger partial charge in [-0.2, -0.15) is 0 Å². The van der Waals surface area contributed by atoms with E-state index in [4.69, 9.17) is 0 Å². The average molecular weight is 247 g/mol. The van der Waals surface area contributed by atoms with Gasteiger partial charge in [-0.1, -0.05) is 0 Å². The van der Waals surface area contributed by atoms with E-state index in [0.29, 0.717) is 6.17 Å². The molecular formula is C13H21N5. The summed E-state index contributed by atoms with van der Waals surface area (Å²) in [7, 11) is 0. The summed E-state index contributed by atoms with van der Waals surface area (Å²) in [5.74, 6) is 0. The van der Waals surface area contributed by atoms with Gasteiger partial charge in [-0.3, -0.25) is 15.3 Å². The highest BCUT2D eigenvalue weighted by Crippen LogP contribution is 2.21. The van der Waals surface area contributed by atoms with Gasteiger partial charge in [-0.15, -0.1) is 0 Å². The van der Waals surface area contributed by atoms with Gasteiger partial charge in [0.15, 0.2) is 0 Å². The molecule has 18 heavy (non-hydrogen) atoms. The minimum absolute atomic E-state index is 0.347. The first kappa shape index (κ1) is 11.9. The first-order chi connectivity index (χ1) is 8.95. The van der Waals surface area contributed by atoms with Crippen LogP contribution in [0.3, 0.4) is 0 Å². The number of hydrogen-bond acceptors (Lipinski definition) is 5. The molecule has 2 fully saturated rings. The van der Waals surface area contributed by atoms with E-state index in [1.54, 1.807) is 0 Å². The second kappa shape index (κ2) is 5.65. The van der Waals surface area contributed by atoms with Gasteiger partial charge in [0.2, 0.25) is 0 Å². The SMILES string of the molecule is c1cc(N(C2CNCCN2)N2CCCC2)ccn1. The number of anilines is 1. The van der Waals surface area contributed by atoms with Gasteiger partial charge in [-0.25, -0.2) is 5.01 Å². The molecular weight excluding hydrogens is 226 g/mol. The van der Waals surface area contributed by atoms with E-state index in [-0.39, 0.29) is 0 Å². The van der Waals surface area contributed by atoms with Crippen molar-refractivity contribution in [2.24, 2.45) is 0 Å². The highest BCUT2D eigenvalue weighted by atomic mass is 15.7. The molecule has 3 rings (SSSR count). The first-order valence-corrected chi connectivity index (χ1v) is 6.83. The number of hydrazine groups is 1. The van der Waals surface area contributed by atoms with Gasteiger partial charge in [0.25, 0.3) is 0 Å². The summed E-state index contributed by atoms with van der Waals surface area (Å²) in [4.78, 5) is 4.12. The van der Waals surface area contributed by atoms with Crippen LogP contribution in [0.25, 0.3) is 0 Å². The molecule has 2 aliphatic heterocycles. The molecule has 3 heterocycles. The van der Waals surface area contributed by atoms with Crippen LogP contribution in [0.2, 0.25) is 0 Å². The van der Waals surface area contributed by atoms with Crippen molar-refractivity contribution in [1.29, 1.82) is 0 Å². The van der Waals surface area contributed by atoms with Crippen LogP contribution in [-0.2, 0) is 0 Å². The molecule has 2 saturated heterocycles. The Morgan fingerprint density at radius 1 is 1.17 bits per heavy atom. The molecule has 2 N–H and O–H groups in total. The van der Waals surface area contributed by atoms with E-state index >= 15 is 0 Å². The standard InChI is InChI=1S/C13H21N5/c1-2-10-17(9-1)18(12-3-5-14-6-4-12)13-11-15-7-8-16-13/h3-6,13,15-16H,1-2,7-11H2. The van der Waals surface area contributed by atoms with Gasteiger partial charge < -0.3 is 5.32 Å². The number of hydrogen-bond donors (Lipinski definition) is 2. The Morgan fingerprint density at radius 3 is 2.61 bits per heavy atom. The summed E-state index contributed by atoms with van der Waals surface area (Å²) >= 11 is 0. The van der Waals surface area contributed by atoms with Crippen molar-refractivity contribution in [2.45, 2.75) is 19.0 Å². The topological polar surface area (TPSA) is 43.4 Å². The molecule has 1 unspecified atom stereocenters. The fourth-order valence-electron chi connectivity index (χ4n) is 2.76. The lowest BCUT2D eigenvalue weighted by Crippen LogP contribution is -2.62. The van der Waals surface area contributed by atoms with Crippen LogP contribution in [-0.4, -0.2) is 48.9 Å². The number of rotatable bonds is 3. The third-order valence-corrected chi connectivity index (χ3v) is 3.63. The molecule has 0 aromatic carbocycles. The van der Waals surface area contributed by atoms with Crippen LogP contribution in [0.1, 0.15) is 12.8 Å². The van der Waals surface area contributed by atoms with E-state index in [9.17, 15) is 0 Å². The van der Waals surface area contributed by atoms with Crippen molar-refractivity contribution in [3.8, 4) is 0 Å². The van der Waals surface area contributed by atoms with E-state index in [1.807, 2.05) is 12.4 Å². The van der Waals surface area contributed by atoms with Crippen LogP contribution in [0.15, 0.2) is 24.5 Å². The molecule has 0 amide bonds. The number of aromatic nitrogens is 1. The Kier molecular flexibility index (Phi) is 3.73. The molecule has 0 bridgehead atoms. The maximum atomic E-state index is 4.12. The second-order valence-corrected chi connectivity index (χ2v) is 4.88. The number of nitrogens with one attached hydrogen (secondary N) is 2. The molecule has 1 atom stereocenters. The van der Waals surface area contributed by atoms with Crippen LogP contribution < -0.4 is 15.6 Å². The third kappa shape index (κ3) is 2.48. The molecule has 0 aliphatic carbocycles. The predicted molar refractivity (Wildman–Crippen MR) is 72.2 cm³/mol. The Morgan fingerprint density at radius 2 is 1.94 bits per heavy atom. The van der Waals surface area contributed by atoms with Gasteiger partial charge >= 0.3 is 0 Å². The normalized spacial score (nSPS) is 25.2. The van der Waals surface area contributed by atoms with Crippen LogP contribution in [0.4, 0.5) is 5.69 Å². The lowest BCUT2D eigenvalue weighted by Gasteiger charge is -2.42. The summed E-state index contributed by atoms with van der Waals surface area (Å²) in [5.41, 5.74) is 1.23. The van der Waals surface area contributed by atoms with Crippen molar-refractivity contribution in [2.75, 3.05) is 37.7 Å². The van der Waals surface area contributed by atoms with Crippen LogP contribution in [0, 0.1) is 0 Å². The van der Waals surface area contributed by atoms with Gasteiger partial charge in [0.1, 0.15) is 6.17 Å². The predicted octanol–water partition coefficient (Wildman–Crippen LogP) is 0.418. The Hall–Kier alpha value is -1.17.